The van der Waals surface area contributed by atoms with Crippen LogP contribution in [0.1, 0.15) is 22.3 Å². The van der Waals surface area contributed by atoms with Gasteiger partial charge < -0.3 is 19.6 Å². The summed E-state index contributed by atoms with van der Waals surface area (Å²) in [7, 11) is 1.44. The highest BCUT2D eigenvalue weighted by atomic mass is 19.4. The highest BCUT2D eigenvalue weighted by Gasteiger charge is 2.31. The van der Waals surface area contributed by atoms with E-state index in [-0.39, 0.29) is 19.0 Å². The minimum Gasteiger partial charge on any atom is -0.496 e. The van der Waals surface area contributed by atoms with E-state index >= 15 is 0 Å². The van der Waals surface area contributed by atoms with Gasteiger partial charge in [-0.25, -0.2) is 0 Å². The average Bonchev–Trinajstić information content (AvgIpc) is 3.18. The lowest BCUT2D eigenvalue weighted by atomic mass is 9.94. The molecule has 9 heteroatoms. The van der Waals surface area contributed by atoms with Crippen LogP contribution in [0.25, 0.3) is 22.2 Å². The van der Waals surface area contributed by atoms with Gasteiger partial charge >= 0.3 is 12.1 Å². The molecule has 4 rings (SSSR count). The van der Waals surface area contributed by atoms with Gasteiger partial charge in [0.05, 0.1) is 19.1 Å². The number of oxazole rings is 1. The normalized spacial score (nSPS) is 11.6. The summed E-state index contributed by atoms with van der Waals surface area (Å²) >= 11 is 0. The number of anilines is 1. The Hall–Kier alpha value is -4.01. The first kappa shape index (κ1) is 23.2. The SMILES string of the molecule is COc1ccc(CC(=O)O)cc1-c1ccc(C(F)(F)F)cc1CNc1nc2cc(C)ccc2o1. The molecule has 1 aromatic heterocycles. The Bertz CT molecular complexity index is 1360. The van der Waals surface area contributed by atoms with Crippen LogP contribution in [0.5, 0.6) is 5.75 Å². The Morgan fingerprint density at radius 1 is 1.09 bits per heavy atom. The number of aliphatic carboxylic acids is 1. The first-order valence-electron chi connectivity index (χ1n) is 10.3. The van der Waals surface area contributed by atoms with Crippen LogP contribution < -0.4 is 10.1 Å². The quantitative estimate of drug-likeness (QED) is 0.341. The number of ether oxygens (including phenoxy) is 1. The summed E-state index contributed by atoms with van der Waals surface area (Å²) in [6.45, 7) is 1.90. The summed E-state index contributed by atoms with van der Waals surface area (Å²) in [5, 5.41) is 12.1. The summed E-state index contributed by atoms with van der Waals surface area (Å²) in [6, 6.07) is 13.9. The minimum absolute atomic E-state index is 0.0165. The van der Waals surface area contributed by atoms with Crippen LogP contribution in [0, 0.1) is 6.92 Å². The van der Waals surface area contributed by atoms with E-state index in [4.69, 9.17) is 14.3 Å². The van der Waals surface area contributed by atoms with Crippen molar-refractivity contribution in [3.05, 3.63) is 76.9 Å². The molecule has 176 valence electrons. The lowest BCUT2D eigenvalue weighted by Crippen LogP contribution is -2.09. The van der Waals surface area contributed by atoms with Gasteiger partial charge in [0, 0.05) is 12.1 Å². The van der Waals surface area contributed by atoms with Crippen LogP contribution in [-0.2, 0) is 23.9 Å². The van der Waals surface area contributed by atoms with Gasteiger partial charge in [-0.1, -0.05) is 18.2 Å². The number of nitrogens with one attached hydrogen (secondary N) is 1. The first-order chi connectivity index (χ1) is 16.1. The van der Waals surface area contributed by atoms with Crippen molar-refractivity contribution in [1.29, 1.82) is 0 Å². The van der Waals surface area contributed by atoms with Gasteiger partial charge in [-0.3, -0.25) is 4.79 Å². The van der Waals surface area contributed by atoms with Crippen LogP contribution in [0.4, 0.5) is 19.2 Å². The van der Waals surface area contributed by atoms with Crippen molar-refractivity contribution in [3.8, 4) is 16.9 Å². The Morgan fingerprint density at radius 3 is 2.59 bits per heavy atom. The van der Waals surface area contributed by atoms with Gasteiger partial charge in [0.1, 0.15) is 11.3 Å². The number of carboxylic acids is 1. The third-order valence-corrected chi connectivity index (χ3v) is 5.32. The average molecular weight is 470 g/mol. The molecule has 0 unspecified atom stereocenters. The standard InChI is InChI=1S/C25H21F3N2O4/c1-14-3-7-22-20(9-14)30-24(34-22)29-13-16-12-17(25(26,27)28)5-6-18(16)19-10-15(11-23(31)32)4-8-21(19)33-2/h3-10,12H,11,13H2,1-2H3,(H,29,30)(H,31,32). The molecular formula is C25H21F3N2O4. The zero-order valence-electron chi connectivity index (χ0n) is 18.4. The second-order valence-corrected chi connectivity index (χ2v) is 7.82. The van der Waals surface area contributed by atoms with E-state index in [1.807, 2.05) is 19.1 Å². The highest BCUT2D eigenvalue weighted by molar-refractivity contribution is 5.78. The summed E-state index contributed by atoms with van der Waals surface area (Å²) < 4.78 is 51.4. The smallest absolute Gasteiger partial charge is 0.416 e. The molecule has 1 heterocycles. The fourth-order valence-electron chi connectivity index (χ4n) is 3.71. The van der Waals surface area contributed by atoms with Gasteiger partial charge in [0.15, 0.2) is 5.58 Å². The summed E-state index contributed by atoms with van der Waals surface area (Å²) in [5.41, 5.74) is 3.16. The molecule has 0 bridgehead atoms. The highest BCUT2D eigenvalue weighted by Crippen LogP contribution is 2.37. The van der Waals surface area contributed by atoms with E-state index in [0.29, 0.717) is 39.1 Å². The molecule has 0 aliphatic heterocycles. The number of alkyl halides is 3. The number of aryl methyl sites for hydroxylation is 1. The van der Waals surface area contributed by atoms with Crippen LogP contribution in [0.3, 0.4) is 0 Å². The number of hydrogen-bond acceptors (Lipinski definition) is 5. The van der Waals surface area contributed by atoms with Crippen molar-refractivity contribution in [2.75, 3.05) is 12.4 Å². The molecule has 2 N–H and O–H groups in total. The Kier molecular flexibility index (Phi) is 6.19. The number of nitrogens with zero attached hydrogens (tertiary/aromatic N) is 1. The van der Waals surface area contributed by atoms with Gasteiger partial charge in [-0.05, 0) is 65.6 Å². The Balaban J connectivity index is 1.75. The van der Waals surface area contributed by atoms with Gasteiger partial charge in [0.2, 0.25) is 0 Å². The number of hydrogen-bond donors (Lipinski definition) is 2. The molecule has 0 radical (unpaired) electrons. The summed E-state index contributed by atoms with van der Waals surface area (Å²) in [4.78, 5) is 15.5. The molecule has 3 aromatic carbocycles. The largest absolute Gasteiger partial charge is 0.496 e. The maximum absolute atomic E-state index is 13.5. The number of benzene rings is 3. The molecular weight excluding hydrogens is 449 g/mol. The van der Waals surface area contributed by atoms with Gasteiger partial charge in [0.25, 0.3) is 6.01 Å². The van der Waals surface area contributed by atoms with E-state index in [1.54, 1.807) is 24.3 Å². The maximum atomic E-state index is 13.5. The Labute approximate surface area is 193 Å². The van der Waals surface area contributed by atoms with E-state index in [0.717, 1.165) is 17.7 Å². The van der Waals surface area contributed by atoms with Crippen molar-refractivity contribution < 1.29 is 32.2 Å². The van der Waals surface area contributed by atoms with Gasteiger partial charge in [-0.2, -0.15) is 18.2 Å². The zero-order chi connectivity index (χ0) is 24.5. The minimum atomic E-state index is -4.53. The number of carboxylic acid groups (broad SMARTS) is 1. The summed E-state index contributed by atoms with van der Waals surface area (Å²) in [6.07, 6.45) is -4.76. The molecule has 0 aliphatic rings. The van der Waals surface area contributed by atoms with Crippen molar-refractivity contribution in [2.24, 2.45) is 0 Å². The predicted molar refractivity (Wildman–Crippen MR) is 121 cm³/mol. The lowest BCUT2D eigenvalue weighted by molar-refractivity contribution is -0.138. The summed E-state index contributed by atoms with van der Waals surface area (Å²) in [5.74, 6) is -0.607. The molecule has 6 nitrogen and oxygen atoms in total. The molecule has 34 heavy (non-hydrogen) atoms. The van der Waals surface area contributed by atoms with Crippen molar-refractivity contribution in [2.45, 2.75) is 26.1 Å². The fraction of sp³-hybridized carbons (Fsp3) is 0.200. The van der Waals surface area contributed by atoms with Crippen LogP contribution >= 0.6 is 0 Å². The van der Waals surface area contributed by atoms with E-state index in [9.17, 15) is 18.0 Å². The van der Waals surface area contributed by atoms with Crippen molar-refractivity contribution in [3.63, 3.8) is 0 Å². The maximum Gasteiger partial charge on any atom is 0.416 e. The molecule has 0 saturated carbocycles. The van der Waals surface area contributed by atoms with E-state index in [1.165, 1.54) is 13.2 Å². The third-order valence-electron chi connectivity index (χ3n) is 5.32. The molecule has 0 aliphatic carbocycles. The molecule has 0 atom stereocenters. The predicted octanol–water partition coefficient (Wildman–Crippen LogP) is 6.07. The second kappa shape index (κ2) is 9.09. The third kappa shape index (κ3) is 4.98. The second-order valence-electron chi connectivity index (χ2n) is 7.82. The van der Waals surface area contributed by atoms with Crippen LogP contribution in [0.2, 0.25) is 0 Å². The molecule has 4 aromatic rings. The zero-order valence-corrected chi connectivity index (χ0v) is 18.4. The molecule has 0 amide bonds. The molecule has 0 saturated heterocycles. The lowest BCUT2D eigenvalue weighted by Gasteiger charge is -2.17. The molecule has 0 spiro atoms. The number of methoxy groups -OCH3 is 1. The number of carbonyl (C=O) groups is 1. The first-order valence-corrected chi connectivity index (χ1v) is 10.3. The Morgan fingerprint density at radius 2 is 1.88 bits per heavy atom. The topological polar surface area (TPSA) is 84.6 Å². The number of rotatable bonds is 7. The van der Waals surface area contributed by atoms with Crippen molar-refractivity contribution >= 4 is 23.1 Å². The molecule has 0 fully saturated rings. The number of halogens is 3. The number of aromatic nitrogens is 1. The van der Waals surface area contributed by atoms with Crippen LogP contribution in [0.15, 0.2) is 59.0 Å². The monoisotopic (exact) mass is 470 g/mol. The van der Waals surface area contributed by atoms with Crippen LogP contribution in [-0.4, -0.2) is 23.2 Å². The van der Waals surface area contributed by atoms with Crippen molar-refractivity contribution in [1.82, 2.24) is 4.98 Å². The number of fused-ring (bicyclic) bond motifs is 1. The van der Waals surface area contributed by atoms with Gasteiger partial charge in [-0.15, -0.1) is 0 Å². The van der Waals surface area contributed by atoms with E-state index in [2.05, 4.69) is 10.3 Å². The fourth-order valence-corrected chi connectivity index (χ4v) is 3.71. The van der Waals surface area contributed by atoms with E-state index < -0.39 is 17.7 Å².